The standard InChI is InChI=1S/C20H21FN6O2S/c21-17-4-2-1-3-16(17)14-30(28,29)27-9-5-15(6-10-27)18-11-23-13-20(25-18)26-19-12-22-7-8-24-19/h1-4,7-8,11-13,15H,5-6,9-10,14H2,(H,24,25,26). The number of hydrogen-bond donors (Lipinski definition) is 1. The van der Waals surface area contributed by atoms with Crippen molar-refractivity contribution in [1.82, 2.24) is 24.2 Å². The Morgan fingerprint density at radius 3 is 2.53 bits per heavy atom. The molecule has 2 aromatic heterocycles. The third-order valence-corrected chi connectivity index (χ3v) is 6.86. The molecule has 1 aliphatic heterocycles. The van der Waals surface area contributed by atoms with Gasteiger partial charge in [-0.15, -0.1) is 0 Å². The lowest BCUT2D eigenvalue weighted by Crippen LogP contribution is -2.38. The molecule has 1 saturated heterocycles. The van der Waals surface area contributed by atoms with Gasteiger partial charge in [0.25, 0.3) is 0 Å². The molecular weight excluding hydrogens is 407 g/mol. The van der Waals surface area contributed by atoms with Crippen LogP contribution in [0.5, 0.6) is 0 Å². The maximum Gasteiger partial charge on any atom is 0.218 e. The fourth-order valence-electron chi connectivity index (χ4n) is 3.47. The molecule has 0 amide bonds. The topological polar surface area (TPSA) is 101 Å². The first-order valence-electron chi connectivity index (χ1n) is 9.57. The van der Waals surface area contributed by atoms with Crippen molar-refractivity contribution in [3.8, 4) is 0 Å². The summed E-state index contributed by atoms with van der Waals surface area (Å²) in [6.45, 7) is 0.732. The van der Waals surface area contributed by atoms with Crippen LogP contribution in [-0.4, -0.2) is 45.7 Å². The second kappa shape index (κ2) is 8.80. The number of rotatable bonds is 6. The van der Waals surface area contributed by atoms with E-state index in [1.807, 2.05) is 0 Å². The van der Waals surface area contributed by atoms with Gasteiger partial charge in [0.1, 0.15) is 17.5 Å². The van der Waals surface area contributed by atoms with E-state index in [0.29, 0.717) is 37.6 Å². The number of sulfonamides is 1. The number of aromatic nitrogens is 4. The quantitative estimate of drug-likeness (QED) is 0.644. The number of hydrogen-bond acceptors (Lipinski definition) is 7. The zero-order valence-corrected chi connectivity index (χ0v) is 17.0. The summed E-state index contributed by atoms with van der Waals surface area (Å²) in [5, 5.41) is 3.06. The Hall–Kier alpha value is -2.98. The first-order valence-corrected chi connectivity index (χ1v) is 11.2. The van der Waals surface area contributed by atoms with Gasteiger partial charge in [0.2, 0.25) is 10.0 Å². The van der Waals surface area contributed by atoms with Crippen molar-refractivity contribution in [2.45, 2.75) is 24.5 Å². The van der Waals surface area contributed by atoms with Crippen molar-refractivity contribution in [2.24, 2.45) is 0 Å². The fraction of sp³-hybridized carbons (Fsp3) is 0.300. The average Bonchev–Trinajstić information content (AvgIpc) is 2.76. The minimum absolute atomic E-state index is 0.0982. The van der Waals surface area contributed by atoms with Crippen LogP contribution in [0.4, 0.5) is 16.0 Å². The van der Waals surface area contributed by atoms with Gasteiger partial charge in [-0.3, -0.25) is 9.97 Å². The number of nitrogens with one attached hydrogen (secondary N) is 1. The molecule has 1 N–H and O–H groups in total. The van der Waals surface area contributed by atoms with Crippen molar-refractivity contribution < 1.29 is 12.8 Å². The Balaban J connectivity index is 1.40. The Bertz CT molecular complexity index is 1110. The van der Waals surface area contributed by atoms with Gasteiger partial charge in [0.15, 0.2) is 0 Å². The Labute approximate surface area is 174 Å². The van der Waals surface area contributed by atoms with Gasteiger partial charge in [-0.1, -0.05) is 18.2 Å². The molecule has 3 aromatic rings. The van der Waals surface area contributed by atoms with Crippen LogP contribution < -0.4 is 5.32 Å². The second-order valence-corrected chi connectivity index (χ2v) is 9.03. The molecule has 1 fully saturated rings. The molecule has 1 aliphatic rings. The molecule has 1 aromatic carbocycles. The van der Waals surface area contributed by atoms with Crippen molar-refractivity contribution in [1.29, 1.82) is 0 Å². The van der Waals surface area contributed by atoms with E-state index >= 15 is 0 Å². The maximum atomic E-state index is 13.9. The zero-order valence-electron chi connectivity index (χ0n) is 16.1. The van der Waals surface area contributed by atoms with Crippen molar-refractivity contribution >= 4 is 21.7 Å². The zero-order chi connectivity index (χ0) is 21.0. The lowest BCUT2D eigenvalue weighted by atomic mass is 9.95. The van der Waals surface area contributed by atoms with Crippen LogP contribution in [0.3, 0.4) is 0 Å². The summed E-state index contributed by atoms with van der Waals surface area (Å²) >= 11 is 0. The van der Waals surface area contributed by atoms with Crippen molar-refractivity contribution in [3.63, 3.8) is 0 Å². The third kappa shape index (κ3) is 4.77. The van der Waals surface area contributed by atoms with E-state index in [9.17, 15) is 12.8 Å². The summed E-state index contributed by atoms with van der Waals surface area (Å²) in [6.07, 6.45) is 9.31. The van der Waals surface area contributed by atoms with Crippen molar-refractivity contribution in [3.05, 3.63) is 72.3 Å². The molecule has 3 heterocycles. The largest absolute Gasteiger partial charge is 0.322 e. The molecule has 0 aliphatic carbocycles. The molecule has 10 heteroatoms. The minimum Gasteiger partial charge on any atom is -0.322 e. The molecule has 0 bridgehead atoms. The molecule has 8 nitrogen and oxygen atoms in total. The summed E-state index contributed by atoms with van der Waals surface area (Å²) in [4.78, 5) is 17.0. The highest BCUT2D eigenvalue weighted by Gasteiger charge is 2.30. The molecule has 4 rings (SSSR count). The van der Waals surface area contributed by atoms with Gasteiger partial charge in [0.05, 0.1) is 23.8 Å². The smallest absolute Gasteiger partial charge is 0.218 e. The van der Waals surface area contributed by atoms with Gasteiger partial charge >= 0.3 is 0 Å². The SMILES string of the molecule is O=S(=O)(Cc1ccccc1F)N1CCC(c2cncc(Nc3cnccn3)n2)CC1. The number of anilines is 2. The summed E-state index contributed by atoms with van der Waals surface area (Å²) in [5.41, 5.74) is 0.989. The first-order chi connectivity index (χ1) is 14.5. The van der Waals surface area contributed by atoms with Crippen LogP contribution in [-0.2, 0) is 15.8 Å². The van der Waals surface area contributed by atoms with E-state index < -0.39 is 15.8 Å². The highest BCUT2D eigenvalue weighted by atomic mass is 32.2. The lowest BCUT2D eigenvalue weighted by molar-refractivity contribution is 0.316. The van der Waals surface area contributed by atoms with Gasteiger partial charge in [-0.2, -0.15) is 0 Å². The molecular formula is C20H21FN6O2S. The molecule has 0 atom stereocenters. The van der Waals surface area contributed by atoms with E-state index in [4.69, 9.17) is 0 Å². The summed E-state index contributed by atoms with van der Waals surface area (Å²) in [6, 6.07) is 5.97. The molecule has 156 valence electrons. The van der Waals surface area contributed by atoms with Crippen LogP contribution in [0.2, 0.25) is 0 Å². The van der Waals surface area contributed by atoms with Crippen LogP contribution >= 0.6 is 0 Å². The highest BCUT2D eigenvalue weighted by molar-refractivity contribution is 7.88. The summed E-state index contributed by atoms with van der Waals surface area (Å²) < 4.78 is 40.7. The summed E-state index contributed by atoms with van der Waals surface area (Å²) in [5.74, 6) is 0.391. The van der Waals surface area contributed by atoms with Crippen LogP contribution in [0, 0.1) is 5.82 Å². The third-order valence-electron chi connectivity index (χ3n) is 5.03. The number of halogens is 1. The van der Waals surface area contributed by atoms with E-state index in [0.717, 1.165) is 5.69 Å². The molecule has 0 radical (unpaired) electrons. The van der Waals surface area contributed by atoms with E-state index in [-0.39, 0.29) is 17.2 Å². The lowest BCUT2D eigenvalue weighted by Gasteiger charge is -2.31. The second-order valence-electron chi connectivity index (χ2n) is 7.07. The minimum atomic E-state index is -3.58. The molecule has 0 saturated carbocycles. The monoisotopic (exact) mass is 428 g/mol. The van der Waals surface area contributed by atoms with Gasteiger partial charge in [-0.05, 0) is 18.9 Å². The van der Waals surface area contributed by atoms with Gasteiger partial charge < -0.3 is 5.32 Å². The predicted octanol–water partition coefficient (Wildman–Crippen LogP) is 2.86. The van der Waals surface area contributed by atoms with Gasteiger partial charge in [0, 0.05) is 43.2 Å². The Morgan fingerprint density at radius 2 is 1.80 bits per heavy atom. The van der Waals surface area contributed by atoms with Crippen LogP contribution in [0.15, 0.2) is 55.2 Å². The average molecular weight is 428 g/mol. The maximum absolute atomic E-state index is 13.9. The Morgan fingerprint density at radius 1 is 1.03 bits per heavy atom. The van der Waals surface area contributed by atoms with Crippen molar-refractivity contribution in [2.75, 3.05) is 18.4 Å². The Kier molecular flexibility index (Phi) is 5.96. The fourth-order valence-corrected chi connectivity index (χ4v) is 5.04. The predicted molar refractivity (Wildman–Crippen MR) is 110 cm³/mol. The van der Waals surface area contributed by atoms with Crippen LogP contribution in [0.25, 0.3) is 0 Å². The summed E-state index contributed by atoms with van der Waals surface area (Å²) in [7, 11) is -3.58. The van der Waals surface area contributed by atoms with E-state index in [2.05, 4.69) is 25.3 Å². The molecule has 30 heavy (non-hydrogen) atoms. The number of nitrogens with zero attached hydrogens (tertiary/aromatic N) is 5. The molecule has 0 unspecified atom stereocenters. The van der Waals surface area contributed by atoms with E-state index in [1.54, 1.807) is 43.1 Å². The first kappa shape index (κ1) is 20.3. The number of piperidine rings is 1. The van der Waals surface area contributed by atoms with Gasteiger partial charge in [-0.25, -0.2) is 27.1 Å². The van der Waals surface area contributed by atoms with E-state index in [1.165, 1.54) is 16.4 Å². The normalized spacial score (nSPS) is 15.8. The van der Waals surface area contributed by atoms with Crippen LogP contribution in [0.1, 0.15) is 30.0 Å². The highest BCUT2D eigenvalue weighted by Crippen LogP contribution is 2.29. The number of benzene rings is 1. The molecule has 0 spiro atoms.